The van der Waals surface area contributed by atoms with Crippen molar-refractivity contribution in [3.05, 3.63) is 119 Å². The van der Waals surface area contributed by atoms with Gasteiger partial charge in [0.05, 0.1) is 16.3 Å². The SMILES string of the molecule is O=C(OC(/C(=C\c1ccccc1)n1cncn1)c1ccccc1)c1ccccc1Cl. The van der Waals surface area contributed by atoms with Gasteiger partial charge in [-0.15, -0.1) is 0 Å². The molecule has 5 nitrogen and oxygen atoms in total. The Kier molecular flexibility index (Phi) is 6.01. The standard InChI is InChI=1S/C24H18ClN3O2/c25-21-14-8-7-13-20(21)24(29)30-23(19-11-5-2-6-12-19)22(28-17-26-16-27-28)15-18-9-3-1-4-10-18/h1-17,23H/b22-15+. The highest BCUT2D eigenvalue weighted by molar-refractivity contribution is 6.33. The van der Waals surface area contributed by atoms with Gasteiger partial charge in [0.25, 0.3) is 0 Å². The predicted octanol–water partition coefficient (Wildman–Crippen LogP) is 5.53. The molecule has 0 saturated heterocycles. The molecular weight excluding hydrogens is 398 g/mol. The number of halogens is 1. The molecule has 4 aromatic rings. The molecule has 4 rings (SSSR count). The van der Waals surface area contributed by atoms with Crippen LogP contribution in [0.15, 0.2) is 97.6 Å². The zero-order valence-corrected chi connectivity index (χ0v) is 16.7. The molecule has 0 amide bonds. The molecule has 1 unspecified atom stereocenters. The number of hydrogen-bond donors (Lipinski definition) is 0. The van der Waals surface area contributed by atoms with Crippen LogP contribution < -0.4 is 0 Å². The van der Waals surface area contributed by atoms with Crippen molar-refractivity contribution < 1.29 is 9.53 Å². The predicted molar refractivity (Wildman–Crippen MR) is 117 cm³/mol. The highest BCUT2D eigenvalue weighted by Gasteiger charge is 2.25. The number of benzene rings is 3. The van der Waals surface area contributed by atoms with Crippen molar-refractivity contribution in [1.82, 2.24) is 14.8 Å². The van der Waals surface area contributed by atoms with E-state index in [1.807, 2.05) is 66.7 Å². The normalized spacial score (nSPS) is 12.4. The molecule has 0 saturated carbocycles. The summed E-state index contributed by atoms with van der Waals surface area (Å²) in [4.78, 5) is 17.1. The van der Waals surface area contributed by atoms with E-state index in [1.165, 1.54) is 6.33 Å². The summed E-state index contributed by atoms with van der Waals surface area (Å²) in [5.74, 6) is -0.520. The fourth-order valence-electron chi connectivity index (χ4n) is 3.05. The highest BCUT2D eigenvalue weighted by Crippen LogP contribution is 2.32. The van der Waals surface area contributed by atoms with Gasteiger partial charge >= 0.3 is 5.97 Å². The molecule has 1 atom stereocenters. The lowest BCUT2D eigenvalue weighted by atomic mass is 10.0. The zero-order valence-electron chi connectivity index (χ0n) is 15.9. The topological polar surface area (TPSA) is 57.0 Å². The molecule has 0 radical (unpaired) electrons. The van der Waals surface area contributed by atoms with Gasteiger partial charge in [0, 0.05) is 0 Å². The van der Waals surface area contributed by atoms with Gasteiger partial charge in [-0.25, -0.2) is 14.5 Å². The van der Waals surface area contributed by atoms with Crippen LogP contribution in [0.1, 0.15) is 27.6 Å². The molecule has 0 N–H and O–H groups in total. The third-order valence-corrected chi connectivity index (χ3v) is 4.82. The average Bonchev–Trinajstić information content (AvgIpc) is 3.32. The van der Waals surface area contributed by atoms with Crippen LogP contribution in [-0.4, -0.2) is 20.7 Å². The van der Waals surface area contributed by atoms with Crippen molar-refractivity contribution in [2.45, 2.75) is 6.10 Å². The Hall–Kier alpha value is -3.70. The molecule has 0 aliphatic carbocycles. The molecule has 3 aromatic carbocycles. The van der Waals surface area contributed by atoms with Gasteiger partial charge in [0.1, 0.15) is 12.7 Å². The Morgan fingerprint density at radius 2 is 1.60 bits per heavy atom. The number of carbonyl (C=O) groups excluding carboxylic acids is 1. The number of carbonyl (C=O) groups is 1. The van der Waals surface area contributed by atoms with Gasteiger partial charge in [-0.2, -0.15) is 5.10 Å². The van der Waals surface area contributed by atoms with Gasteiger partial charge in [0.2, 0.25) is 0 Å². The fourth-order valence-corrected chi connectivity index (χ4v) is 3.26. The van der Waals surface area contributed by atoms with Crippen molar-refractivity contribution in [1.29, 1.82) is 0 Å². The summed E-state index contributed by atoms with van der Waals surface area (Å²) >= 11 is 6.21. The molecule has 0 fully saturated rings. The van der Waals surface area contributed by atoms with Crippen LogP contribution in [0.4, 0.5) is 0 Å². The minimum absolute atomic E-state index is 0.303. The number of nitrogens with zero attached hydrogens (tertiary/aromatic N) is 3. The van der Waals surface area contributed by atoms with E-state index >= 15 is 0 Å². The summed E-state index contributed by atoms with van der Waals surface area (Å²) in [5, 5.41) is 4.61. The molecule has 1 aromatic heterocycles. The molecule has 30 heavy (non-hydrogen) atoms. The Labute approximate surface area is 179 Å². The number of rotatable bonds is 6. The van der Waals surface area contributed by atoms with Gasteiger partial charge in [-0.1, -0.05) is 84.4 Å². The quantitative estimate of drug-likeness (QED) is 0.388. The summed E-state index contributed by atoms with van der Waals surface area (Å²) in [6.07, 6.45) is 4.22. The second-order valence-electron chi connectivity index (χ2n) is 6.50. The van der Waals surface area contributed by atoms with Crippen LogP contribution in [0.25, 0.3) is 11.8 Å². The molecule has 0 spiro atoms. The van der Waals surface area contributed by atoms with Crippen molar-refractivity contribution in [3.8, 4) is 0 Å². The largest absolute Gasteiger partial charge is 0.447 e. The van der Waals surface area contributed by atoms with Gasteiger partial charge in [-0.05, 0) is 29.3 Å². The van der Waals surface area contributed by atoms with Crippen LogP contribution in [0.5, 0.6) is 0 Å². The number of aromatic nitrogens is 3. The first-order valence-corrected chi connectivity index (χ1v) is 9.72. The van der Waals surface area contributed by atoms with Crippen LogP contribution >= 0.6 is 11.6 Å². The maximum absolute atomic E-state index is 13.0. The van der Waals surface area contributed by atoms with Crippen molar-refractivity contribution in [3.63, 3.8) is 0 Å². The summed E-state index contributed by atoms with van der Waals surface area (Å²) < 4.78 is 7.58. The highest BCUT2D eigenvalue weighted by atomic mass is 35.5. The molecule has 0 aliphatic heterocycles. The van der Waals surface area contributed by atoms with E-state index in [1.54, 1.807) is 35.3 Å². The maximum Gasteiger partial charge on any atom is 0.340 e. The Morgan fingerprint density at radius 1 is 0.933 bits per heavy atom. The van der Waals surface area contributed by atoms with Crippen LogP contribution in [0.3, 0.4) is 0 Å². The average molecular weight is 416 g/mol. The first-order valence-electron chi connectivity index (χ1n) is 9.34. The van der Waals surface area contributed by atoms with Crippen molar-refractivity contribution in [2.75, 3.05) is 0 Å². The lowest BCUT2D eigenvalue weighted by molar-refractivity contribution is 0.0399. The second-order valence-corrected chi connectivity index (χ2v) is 6.90. The first-order chi connectivity index (χ1) is 14.7. The minimum atomic E-state index is -0.725. The molecule has 148 valence electrons. The van der Waals surface area contributed by atoms with E-state index < -0.39 is 12.1 Å². The van der Waals surface area contributed by atoms with E-state index in [9.17, 15) is 4.79 Å². The van der Waals surface area contributed by atoms with E-state index in [0.29, 0.717) is 16.3 Å². The number of hydrogen-bond acceptors (Lipinski definition) is 4. The molecule has 0 aliphatic rings. The summed E-state index contributed by atoms with van der Waals surface area (Å²) in [7, 11) is 0. The third kappa shape index (κ3) is 4.47. The summed E-state index contributed by atoms with van der Waals surface area (Å²) in [6.45, 7) is 0. The van der Waals surface area contributed by atoms with E-state index in [2.05, 4.69) is 10.1 Å². The Balaban J connectivity index is 1.80. The lowest BCUT2D eigenvalue weighted by Gasteiger charge is -2.22. The zero-order chi connectivity index (χ0) is 20.8. The molecule has 0 bridgehead atoms. The van der Waals surface area contributed by atoms with E-state index in [-0.39, 0.29) is 0 Å². The van der Waals surface area contributed by atoms with Crippen molar-refractivity contribution >= 4 is 29.3 Å². The van der Waals surface area contributed by atoms with Gasteiger partial charge in [-0.3, -0.25) is 0 Å². The summed E-state index contributed by atoms with van der Waals surface area (Å²) in [5.41, 5.74) is 2.69. The molecule has 1 heterocycles. The summed E-state index contributed by atoms with van der Waals surface area (Å²) in [6, 6.07) is 26.1. The third-order valence-electron chi connectivity index (χ3n) is 4.49. The minimum Gasteiger partial charge on any atom is -0.447 e. The first kappa shape index (κ1) is 19.6. The van der Waals surface area contributed by atoms with Gasteiger partial charge in [0.15, 0.2) is 6.10 Å². The fraction of sp³-hybridized carbons (Fsp3) is 0.0417. The maximum atomic E-state index is 13.0. The van der Waals surface area contributed by atoms with E-state index in [0.717, 1.165) is 11.1 Å². The van der Waals surface area contributed by atoms with E-state index in [4.69, 9.17) is 16.3 Å². The second kappa shape index (κ2) is 9.20. The van der Waals surface area contributed by atoms with Crippen LogP contribution in [0, 0.1) is 0 Å². The number of esters is 1. The van der Waals surface area contributed by atoms with Crippen molar-refractivity contribution in [2.24, 2.45) is 0 Å². The lowest BCUT2D eigenvalue weighted by Crippen LogP contribution is -2.17. The van der Waals surface area contributed by atoms with Crippen LogP contribution in [-0.2, 0) is 4.74 Å². The van der Waals surface area contributed by atoms with Gasteiger partial charge < -0.3 is 4.74 Å². The molecule has 6 heteroatoms. The Bertz CT molecular complexity index is 1140. The number of ether oxygens (including phenoxy) is 1. The Morgan fingerprint density at radius 3 is 2.27 bits per heavy atom. The monoisotopic (exact) mass is 415 g/mol. The smallest absolute Gasteiger partial charge is 0.340 e. The van der Waals surface area contributed by atoms with Crippen LogP contribution in [0.2, 0.25) is 5.02 Å². The molecular formula is C24H18ClN3O2.